The van der Waals surface area contributed by atoms with E-state index in [4.69, 9.17) is 9.84 Å². The molecule has 0 saturated heterocycles. The van der Waals surface area contributed by atoms with E-state index >= 15 is 0 Å². The summed E-state index contributed by atoms with van der Waals surface area (Å²) in [6, 6.07) is 7.10. The molecule has 1 amide bonds. The Labute approximate surface area is 119 Å². The molecule has 106 valence electrons. The van der Waals surface area contributed by atoms with Gasteiger partial charge in [-0.25, -0.2) is 0 Å². The average molecular weight is 273 g/mol. The van der Waals surface area contributed by atoms with Crippen LogP contribution in [0.4, 0.5) is 0 Å². The number of hydrogen-bond acceptors (Lipinski definition) is 3. The summed E-state index contributed by atoms with van der Waals surface area (Å²) in [7, 11) is 0. The zero-order chi connectivity index (χ0) is 14.2. The minimum Gasteiger partial charge on any atom is -0.384 e. The van der Waals surface area contributed by atoms with Gasteiger partial charge < -0.3 is 15.2 Å². The van der Waals surface area contributed by atoms with Crippen LogP contribution in [0, 0.1) is 17.8 Å². The van der Waals surface area contributed by atoms with E-state index in [0.29, 0.717) is 24.3 Å². The first-order valence-electron chi connectivity index (χ1n) is 6.86. The van der Waals surface area contributed by atoms with Gasteiger partial charge in [-0.05, 0) is 30.9 Å². The lowest BCUT2D eigenvalue weighted by molar-refractivity contribution is 0.0906. The van der Waals surface area contributed by atoms with E-state index in [1.165, 1.54) is 12.8 Å². The standard InChI is InChI=1S/C16H19NO3/c18-10-3-5-14-4-1-2-6-15(14)16(19)17-9-11-20-12-13-7-8-13/h1-2,4,6,13,18H,7-12H2,(H,17,19). The number of nitrogens with one attached hydrogen (secondary N) is 1. The van der Waals surface area contributed by atoms with Crippen LogP contribution in [0.5, 0.6) is 0 Å². The molecule has 0 radical (unpaired) electrons. The summed E-state index contributed by atoms with van der Waals surface area (Å²) >= 11 is 0. The molecule has 2 rings (SSSR count). The van der Waals surface area contributed by atoms with E-state index in [1.807, 2.05) is 6.07 Å². The number of carbonyl (C=O) groups excluding carboxylic acids is 1. The quantitative estimate of drug-likeness (QED) is 0.604. The Morgan fingerprint density at radius 3 is 2.95 bits per heavy atom. The maximum atomic E-state index is 12.0. The highest BCUT2D eigenvalue weighted by Gasteiger charge is 2.20. The number of amides is 1. The number of benzene rings is 1. The molecule has 20 heavy (non-hydrogen) atoms. The van der Waals surface area contributed by atoms with Gasteiger partial charge in [-0.15, -0.1) is 0 Å². The summed E-state index contributed by atoms with van der Waals surface area (Å²) in [5, 5.41) is 11.5. The van der Waals surface area contributed by atoms with Crippen molar-refractivity contribution in [2.45, 2.75) is 12.8 Å². The highest BCUT2D eigenvalue weighted by Crippen LogP contribution is 2.28. The predicted octanol–water partition coefficient (Wildman–Crippen LogP) is 1.19. The van der Waals surface area contributed by atoms with Crippen LogP contribution in [-0.2, 0) is 4.74 Å². The molecule has 0 unspecified atom stereocenters. The summed E-state index contributed by atoms with van der Waals surface area (Å²) in [4.78, 5) is 12.0. The Morgan fingerprint density at radius 1 is 1.40 bits per heavy atom. The second kappa shape index (κ2) is 7.68. The van der Waals surface area contributed by atoms with Crippen LogP contribution in [-0.4, -0.2) is 37.4 Å². The van der Waals surface area contributed by atoms with Crippen molar-refractivity contribution < 1.29 is 14.6 Å². The third-order valence-corrected chi connectivity index (χ3v) is 3.06. The van der Waals surface area contributed by atoms with Crippen LogP contribution in [0.3, 0.4) is 0 Å². The fourth-order valence-corrected chi connectivity index (χ4v) is 1.79. The van der Waals surface area contributed by atoms with E-state index < -0.39 is 0 Å². The first kappa shape index (κ1) is 14.6. The van der Waals surface area contributed by atoms with Crippen LogP contribution in [0.1, 0.15) is 28.8 Å². The predicted molar refractivity (Wildman–Crippen MR) is 76.3 cm³/mol. The van der Waals surface area contributed by atoms with Crippen molar-refractivity contribution in [3.8, 4) is 11.8 Å². The van der Waals surface area contributed by atoms with Crippen LogP contribution in [0.2, 0.25) is 0 Å². The van der Waals surface area contributed by atoms with Crippen molar-refractivity contribution in [3.63, 3.8) is 0 Å². The van der Waals surface area contributed by atoms with Gasteiger partial charge in [0.1, 0.15) is 6.61 Å². The van der Waals surface area contributed by atoms with Gasteiger partial charge in [0.15, 0.2) is 0 Å². The molecule has 2 N–H and O–H groups in total. The van der Waals surface area contributed by atoms with Gasteiger partial charge in [-0.3, -0.25) is 4.79 Å². The zero-order valence-corrected chi connectivity index (χ0v) is 11.4. The van der Waals surface area contributed by atoms with Crippen LogP contribution in [0.15, 0.2) is 24.3 Å². The molecular formula is C16H19NO3. The number of aliphatic hydroxyl groups is 1. The van der Waals surface area contributed by atoms with E-state index in [2.05, 4.69) is 17.2 Å². The third-order valence-electron chi connectivity index (χ3n) is 3.06. The van der Waals surface area contributed by atoms with E-state index in [1.54, 1.807) is 18.2 Å². The van der Waals surface area contributed by atoms with Crippen molar-refractivity contribution in [3.05, 3.63) is 35.4 Å². The van der Waals surface area contributed by atoms with Crippen molar-refractivity contribution in [1.82, 2.24) is 5.32 Å². The normalized spacial score (nSPS) is 13.4. The highest BCUT2D eigenvalue weighted by molar-refractivity contribution is 5.96. The number of carbonyl (C=O) groups is 1. The molecule has 1 saturated carbocycles. The Balaban J connectivity index is 1.81. The van der Waals surface area contributed by atoms with Crippen molar-refractivity contribution in [2.24, 2.45) is 5.92 Å². The number of hydrogen-bond donors (Lipinski definition) is 2. The molecular weight excluding hydrogens is 254 g/mol. The molecule has 0 atom stereocenters. The van der Waals surface area contributed by atoms with Crippen molar-refractivity contribution in [2.75, 3.05) is 26.4 Å². The lowest BCUT2D eigenvalue weighted by atomic mass is 10.1. The van der Waals surface area contributed by atoms with Crippen LogP contribution >= 0.6 is 0 Å². The molecule has 0 aromatic heterocycles. The maximum Gasteiger partial charge on any atom is 0.252 e. The minimum absolute atomic E-state index is 0.164. The van der Waals surface area contributed by atoms with E-state index in [9.17, 15) is 4.79 Å². The number of aliphatic hydroxyl groups excluding tert-OH is 1. The Morgan fingerprint density at radius 2 is 2.20 bits per heavy atom. The fraction of sp³-hybridized carbons (Fsp3) is 0.438. The Kier molecular flexibility index (Phi) is 5.60. The van der Waals surface area contributed by atoms with Crippen molar-refractivity contribution in [1.29, 1.82) is 0 Å². The molecule has 1 fully saturated rings. The molecule has 0 heterocycles. The van der Waals surface area contributed by atoms with Crippen molar-refractivity contribution >= 4 is 5.91 Å². The molecule has 1 aromatic rings. The zero-order valence-electron chi connectivity index (χ0n) is 11.4. The summed E-state index contributed by atoms with van der Waals surface area (Å²) in [6.45, 7) is 1.61. The first-order valence-corrected chi connectivity index (χ1v) is 6.86. The summed E-state index contributed by atoms with van der Waals surface area (Å²) < 4.78 is 5.46. The van der Waals surface area contributed by atoms with Crippen LogP contribution in [0.25, 0.3) is 0 Å². The first-order chi connectivity index (χ1) is 9.81. The fourth-order valence-electron chi connectivity index (χ4n) is 1.79. The van der Waals surface area contributed by atoms with E-state index in [-0.39, 0.29) is 12.5 Å². The van der Waals surface area contributed by atoms with E-state index in [0.717, 1.165) is 12.5 Å². The minimum atomic E-state index is -0.217. The molecule has 4 nitrogen and oxygen atoms in total. The largest absolute Gasteiger partial charge is 0.384 e. The van der Waals surface area contributed by atoms with Gasteiger partial charge in [0, 0.05) is 18.7 Å². The van der Waals surface area contributed by atoms with Gasteiger partial charge in [-0.1, -0.05) is 24.0 Å². The smallest absolute Gasteiger partial charge is 0.252 e. The van der Waals surface area contributed by atoms with Gasteiger partial charge >= 0.3 is 0 Å². The lowest BCUT2D eigenvalue weighted by Crippen LogP contribution is -2.28. The number of ether oxygens (including phenoxy) is 1. The maximum absolute atomic E-state index is 12.0. The molecule has 4 heteroatoms. The summed E-state index contributed by atoms with van der Waals surface area (Å²) in [6.07, 6.45) is 2.53. The Bertz CT molecular complexity index is 512. The van der Waals surface area contributed by atoms with Gasteiger partial charge in [0.2, 0.25) is 0 Å². The second-order valence-corrected chi connectivity index (χ2v) is 4.78. The monoisotopic (exact) mass is 273 g/mol. The molecule has 1 aliphatic carbocycles. The summed E-state index contributed by atoms with van der Waals surface area (Å²) in [5.41, 5.74) is 1.15. The number of rotatable bonds is 6. The molecule has 0 aliphatic heterocycles. The SMILES string of the molecule is O=C(NCCOCC1CC1)c1ccccc1C#CCO. The van der Waals surface area contributed by atoms with Gasteiger partial charge in [0.25, 0.3) is 5.91 Å². The van der Waals surface area contributed by atoms with Gasteiger partial charge in [-0.2, -0.15) is 0 Å². The molecule has 0 spiro atoms. The van der Waals surface area contributed by atoms with Gasteiger partial charge in [0.05, 0.1) is 12.2 Å². The molecule has 1 aromatic carbocycles. The average Bonchev–Trinajstić information content (AvgIpc) is 3.29. The lowest BCUT2D eigenvalue weighted by Gasteiger charge is -2.07. The topological polar surface area (TPSA) is 58.6 Å². The second-order valence-electron chi connectivity index (χ2n) is 4.78. The Hall–Kier alpha value is -1.83. The highest BCUT2D eigenvalue weighted by atomic mass is 16.5. The molecule has 0 bridgehead atoms. The third kappa shape index (κ3) is 4.69. The van der Waals surface area contributed by atoms with Crippen LogP contribution < -0.4 is 5.32 Å². The summed E-state index contributed by atoms with van der Waals surface area (Å²) in [5.74, 6) is 5.91. The molecule has 1 aliphatic rings.